The number of ether oxygens (including phenoxy) is 1. The Morgan fingerprint density at radius 2 is 2.05 bits per heavy atom. The van der Waals surface area contributed by atoms with Crippen LogP contribution in [0, 0.1) is 5.92 Å². The summed E-state index contributed by atoms with van der Waals surface area (Å²) in [6.07, 6.45) is 3.00. The van der Waals surface area contributed by atoms with Gasteiger partial charge in [-0.2, -0.15) is 0 Å². The molecule has 0 aromatic carbocycles. The fourth-order valence-electron chi connectivity index (χ4n) is 2.08. The molecule has 2 amide bonds. The van der Waals surface area contributed by atoms with Crippen LogP contribution in [0.3, 0.4) is 0 Å². The third kappa shape index (κ3) is 5.46. The molecule has 0 aromatic rings. The van der Waals surface area contributed by atoms with Crippen LogP contribution >= 0.6 is 0 Å². The summed E-state index contributed by atoms with van der Waals surface area (Å²) in [4.78, 5) is 25.0. The molecule has 1 rings (SSSR count). The van der Waals surface area contributed by atoms with Crippen molar-refractivity contribution in [2.75, 3.05) is 32.8 Å². The van der Waals surface area contributed by atoms with Crippen LogP contribution in [-0.4, -0.2) is 54.9 Å². The third-order valence-corrected chi connectivity index (χ3v) is 3.27. The number of amides is 2. The average Bonchev–Trinajstić information content (AvgIpc) is 2.45. The monoisotopic (exact) mass is 272 g/mol. The van der Waals surface area contributed by atoms with Gasteiger partial charge < -0.3 is 20.1 Å². The normalized spacial score (nSPS) is 16.2. The molecule has 0 radical (unpaired) electrons. The van der Waals surface area contributed by atoms with E-state index in [0.717, 1.165) is 19.4 Å². The molecular formula is C13H24N2O4. The lowest BCUT2D eigenvalue weighted by Gasteiger charge is -2.30. The second kappa shape index (κ2) is 8.74. The number of hydrogen-bond donors (Lipinski definition) is 2. The van der Waals surface area contributed by atoms with E-state index in [9.17, 15) is 9.59 Å². The molecule has 1 fully saturated rings. The van der Waals surface area contributed by atoms with Crippen molar-refractivity contribution in [3.05, 3.63) is 0 Å². The van der Waals surface area contributed by atoms with E-state index in [2.05, 4.69) is 12.2 Å². The lowest BCUT2D eigenvalue weighted by Crippen LogP contribution is -2.43. The zero-order chi connectivity index (χ0) is 14.1. The number of likely N-dealkylation sites (tertiary alicyclic amines) is 1. The van der Waals surface area contributed by atoms with Crippen molar-refractivity contribution in [2.24, 2.45) is 5.92 Å². The van der Waals surface area contributed by atoms with Gasteiger partial charge in [0.25, 0.3) is 0 Å². The van der Waals surface area contributed by atoms with Gasteiger partial charge in [0.1, 0.15) is 6.61 Å². The molecule has 1 aliphatic heterocycles. The first kappa shape index (κ1) is 15.8. The maximum absolute atomic E-state index is 11.8. The van der Waals surface area contributed by atoms with Crippen LogP contribution in [0.4, 0.5) is 4.79 Å². The smallest absolute Gasteiger partial charge is 0.409 e. The highest BCUT2D eigenvalue weighted by Crippen LogP contribution is 2.17. The first-order valence-corrected chi connectivity index (χ1v) is 6.99. The summed E-state index contributed by atoms with van der Waals surface area (Å²) in [5.41, 5.74) is 0. The Bertz CT molecular complexity index is 288. The summed E-state index contributed by atoms with van der Waals surface area (Å²) in [6.45, 7) is 3.75. The SMILES string of the molecule is CCCCNC(=O)C1CCN(C(=O)OCCO)CC1. The maximum atomic E-state index is 11.8. The predicted octanol–water partition coefficient (Wildman–Crippen LogP) is 0.744. The predicted molar refractivity (Wildman–Crippen MR) is 70.6 cm³/mol. The summed E-state index contributed by atoms with van der Waals surface area (Å²) in [7, 11) is 0. The van der Waals surface area contributed by atoms with Gasteiger partial charge in [0, 0.05) is 25.6 Å². The highest BCUT2D eigenvalue weighted by atomic mass is 16.6. The van der Waals surface area contributed by atoms with E-state index in [1.54, 1.807) is 4.90 Å². The third-order valence-electron chi connectivity index (χ3n) is 3.27. The van der Waals surface area contributed by atoms with Crippen molar-refractivity contribution < 1.29 is 19.4 Å². The summed E-state index contributed by atoms with van der Waals surface area (Å²) >= 11 is 0. The molecule has 6 nitrogen and oxygen atoms in total. The summed E-state index contributed by atoms with van der Waals surface area (Å²) < 4.78 is 4.84. The molecule has 0 aromatic heterocycles. The van der Waals surface area contributed by atoms with E-state index in [0.29, 0.717) is 25.9 Å². The Morgan fingerprint density at radius 3 is 2.63 bits per heavy atom. The lowest BCUT2D eigenvalue weighted by atomic mass is 9.96. The summed E-state index contributed by atoms with van der Waals surface area (Å²) in [6, 6.07) is 0. The molecule has 0 spiro atoms. The molecule has 0 saturated carbocycles. The van der Waals surface area contributed by atoms with Crippen molar-refractivity contribution >= 4 is 12.0 Å². The van der Waals surface area contributed by atoms with Gasteiger partial charge in [0.05, 0.1) is 6.61 Å². The van der Waals surface area contributed by atoms with Gasteiger partial charge in [-0.25, -0.2) is 4.79 Å². The standard InChI is InChI=1S/C13H24N2O4/c1-2-3-6-14-12(17)11-4-7-15(8-5-11)13(18)19-10-9-16/h11,16H,2-10H2,1H3,(H,14,17). The van der Waals surface area contributed by atoms with Crippen LogP contribution in [-0.2, 0) is 9.53 Å². The van der Waals surface area contributed by atoms with Crippen LogP contribution < -0.4 is 5.32 Å². The zero-order valence-corrected chi connectivity index (χ0v) is 11.6. The highest BCUT2D eigenvalue weighted by Gasteiger charge is 2.27. The number of rotatable bonds is 6. The van der Waals surface area contributed by atoms with E-state index >= 15 is 0 Å². The summed E-state index contributed by atoms with van der Waals surface area (Å²) in [5.74, 6) is 0.0931. The van der Waals surface area contributed by atoms with Crippen LogP contribution in [0.2, 0.25) is 0 Å². The van der Waals surface area contributed by atoms with Crippen molar-refractivity contribution in [1.82, 2.24) is 10.2 Å². The topological polar surface area (TPSA) is 78.9 Å². The lowest BCUT2D eigenvalue weighted by molar-refractivity contribution is -0.126. The zero-order valence-electron chi connectivity index (χ0n) is 11.6. The Morgan fingerprint density at radius 1 is 1.37 bits per heavy atom. The molecule has 0 atom stereocenters. The molecule has 0 unspecified atom stereocenters. The van der Waals surface area contributed by atoms with Gasteiger partial charge in [0.15, 0.2) is 0 Å². The van der Waals surface area contributed by atoms with Crippen LogP contribution in [0.5, 0.6) is 0 Å². The van der Waals surface area contributed by atoms with Gasteiger partial charge in [-0.3, -0.25) is 4.79 Å². The van der Waals surface area contributed by atoms with Crippen molar-refractivity contribution in [3.8, 4) is 0 Å². The van der Waals surface area contributed by atoms with Crippen LogP contribution in [0.15, 0.2) is 0 Å². The van der Waals surface area contributed by atoms with Crippen molar-refractivity contribution in [3.63, 3.8) is 0 Å². The quantitative estimate of drug-likeness (QED) is 0.699. The maximum Gasteiger partial charge on any atom is 0.409 e. The second-order valence-corrected chi connectivity index (χ2v) is 4.74. The van der Waals surface area contributed by atoms with Gasteiger partial charge in [-0.05, 0) is 19.3 Å². The fraction of sp³-hybridized carbons (Fsp3) is 0.846. The number of carbonyl (C=O) groups excluding carboxylic acids is 2. The minimum Gasteiger partial charge on any atom is -0.447 e. The van der Waals surface area contributed by atoms with E-state index in [-0.39, 0.29) is 25.0 Å². The van der Waals surface area contributed by atoms with Gasteiger partial charge in [-0.15, -0.1) is 0 Å². The van der Waals surface area contributed by atoms with E-state index in [4.69, 9.17) is 9.84 Å². The average molecular weight is 272 g/mol. The van der Waals surface area contributed by atoms with Gasteiger partial charge in [0.2, 0.25) is 5.91 Å². The van der Waals surface area contributed by atoms with E-state index in [1.807, 2.05) is 0 Å². The fourth-order valence-corrected chi connectivity index (χ4v) is 2.08. The van der Waals surface area contributed by atoms with Gasteiger partial charge in [-0.1, -0.05) is 13.3 Å². The van der Waals surface area contributed by atoms with Crippen LogP contribution in [0.1, 0.15) is 32.6 Å². The number of hydrogen-bond acceptors (Lipinski definition) is 4. The first-order chi connectivity index (χ1) is 9.19. The minimum absolute atomic E-state index is 0.00116. The molecule has 110 valence electrons. The van der Waals surface area contributed by atoms with Crippen LogP contribution in [0.25, 0.3) is 0 Å². The molecular weight excluding hydrogens is 248 g/mol. The molecule has 1 heterocycles. The second-order valence-electron chi connectivity index (χ2n) is 4.74. The number of aliphatic hydroxyl groups excluding tert-OH is 1. The highest BCUT2D eigenvalue weighted by molar-refractivity contribution is 5.79. The first-order valence-electron chi connectivity index (χ1n) is 6.99. The van der Waals surface area contributed by atoms with Crippen molar-refractivity contribution in [1.29, 1.82) is 0 Å². The van der Waals surface area contributed by atoms with E-state index in [1.165, 1.54) is 0 Å². The Balaban J connectivity index is 2.24. The Hall–Kier alpha value is -1.30. The van der Waals surface area contributed by atoms with E-state index < -0.39 is 6.09 Å². The molecule has 0 bridgehead atoms. The molecule has 0 aliphatic carbocycles. The molecule has 1 saturated heterocycles. The Kier molecular flexibility index (Phi) is 7.25. The Labute approximate surface area is 114 Å². The molecule has 1 aliphatic rings. The molecule has 6 heteroatoms. The number of nitrogens with one attached hydrogen (secondary N) is 1. The number of unbranched alkanes of at least 4 members (excludes halogenated alkanes) is 1. The minimum atomic E-state index is -0.404. The van der Waals surface area contributed by atoms with Gasteiger partial charge >= 0.3 is 6.09 Å². The number of carbonyl (C=O) groups is 2. The number of aliphatic hydroxyl groups is 1. The summed E-state index contributed by atoms with van der Waals surface area (Å²) in [5, 5.41) is 11.5. The largest absolute Gasteiger partial charge is 0.447 e. The number of nitrogens with zero attached hydrogens (tertiary/aromatic N) is 1. The molecule has 19 heavy (non-hydrogen) atoms. The van der Waals surface area contributed by atoms with Crippen molar-refractivity contribution in [2.45, 2.75) is 32.6 Å². The molecule has 2 N–H and O–H groups in total. The number of piperidine rings is 1.